The predicted octanol–water partition coefficient (Wildman–Crippen LogP) is 3.78. The Bertz CT molecular complexity index is 701. The van der Waals surface area contributed by atoms with Gasteiger partial charge in [-0.2, -0.15) is 0 Å². The van der Waals surface area contributed by atoms with Crippen molar-refractivity contribution in [2.45, 2.75) is 13.8 Å². The highest BCUT2D eigenvalue weighted by Crippen LogP contribution is 2.20. The molecule has 1 aromatic heterocycles. The molecule has 1 heterocycles. The van der Waals surface area contributed by atoms with E-state index >= 15 is 0 Å². The van der Waals surface area contributed by atoms with Gasteiger partial charge in [0.15, 0.2) is 0 Å². The van der Waals surface area contributed by atoms with E-state index in [4.69, 9.17) is 9.15 Å². The summed E-state index contributed by atoms with van der Waals surface area (Å²) >= 11 is 0. The van der Waals surface area contributed by atoms with E-state index in [1.807, 2.05) is 44.2 Å². The van der Waals surface area contributed by atoms with Crippen LogP contribution in [0.2, 0.25) is 0 Å². The van der Waals surface area contributed by atoms with Gasteiger partial charge in [-0.1, -0.05) is 17.7 Å². The molecule has 0 radical (unpaired) electrons. The lowest BCUT2D eigenvalue weighted by molar-refractivity contribution is 0.414. The number of hydrogen-bond acceptors (Lipinski definition) is 3. The molecule has 0 amide bonds. The van der Waals surface area contributed by atoms with Gasteiger partial charge in [0.1, 0.15) is 11.3 Å². The van der Waals surface area contributed by atoms with Gasteiger partial charge in [-0.25, -0.2) is 4.79 Å². The Morgan fingerprint density at radius 1 is 1.26 bits per heavy atom. The molecule has 1 aromatic carbocycles. The van der Waals surface area contributed by atoms with Gasteiger partial charge >= 0.3 is 5.63 Å². The highest BCUT2D eigenvalue weighted by molar-refractivity contribution is 5.80. The molecular weight excluding hydrogens is 240 g/mol. The zero-order chi connectivity index (χ0) is 13.8. The molecule has 2 rings (SSSR count). The zero-order valence-corrected chi connectivity index (χ0v) is 11.3. The van der Waals surface area contributed by atoms with Crippen molar-refractivity contribution in [2.75, 3.05) is 7.11 Å². The number of hydrogen-bond donors (Lipinski definition) is 0. The third kappa shape index (κ3) is 3.13. The third-order valence-electron chi connectivity index (χ3n) is 2.68. The first-order chi connectivity index (χ1) is 9.10. The lowest BCUT2D eigenvalue weighted by atomic mass is 10.1. The standard InChI is InChI=1S/C16H16O3/c1-11(2)5-4-6-13-9-12-7-8-14(18-3)10-15(12)19-16(13)17/h4-10H,1-3H3/b6-4+. The van der Waals surface area contributed by atoms with Gasteiger partial charge in [-0.15, -0.1) is 0 Å². The molecular formula is C16H16O3. The average molecular weight is 256 g/mol. The molecule has 0 N–H and O–H groups in total. The molecule has 2 aromatic rings. The van der Waals surface area contributed by atoms with Crippen molar-refractivity contribution in [1.29, 1.82) is 0 Å². The minimum absolute atomic E-state index is 0.348. The fourth-order valence-corrected chi connectivity index (χ4v) is 1.69. The van der Waals surface area contributed by atoms with Crippen molar-refractivity contribution < 1.29 is 9.15 Å². The summed E-state index contributed by atoms with van der Waals surface area (Å²) < 4.78 is 10.4. The van der Waals surface area contributed by atoms with Gasteiger partial charge in [0, 0.05) is 11.5 Å². The van der Waals surface area contributed by atoms with E-state index in [0.717, 1.165) is 5.39 Å². The molecule has 98 valence electrons. The SMILES string of the molecule is COc1ccc2cc(/C=C/C=C(C)C)c(=O)oc2c1. The van der Waals surface area contributed by atoms with E-state index in [-0.39, 0.29) is 5.63 Å². The molecule has 0 aliphatic rings. The molecule has 0 fully saturated rings. The van der Waals surface area contributed by atoms with Crippen LogP contribution in [0.15, 0.2) is 51.2 Å². The minimum atomic E-state index is -0.348. The maximum absolute atomic E-state index is 11.8. The first kappa shape index (κ1) is 13.1. The van der Waals surface area contributed by atoms with Crippen molar-refractivity contribution in [2.24, 2.45) is 0 Å². The fourth-order valence-electron chi connectivity index (χ4n) is 1.69. The van der Waals surface area contributed by atoms with Crippen LogP contribution in [-0.2, 0) is 0 Å². The number of methoxy groups -OCH3 is 1. The number of fused-ring (bicyclic) bond motifs is 1. The molecule has 0 bridgehead atoms. The zero-order valence-electron chi connectivity index (χ0n) is 11.3. The first-order valence-electron chi connectivity index (χ1n) is 6.03. The molecule has 0 aliphatic heterocycles. The van der Waals surface area contributed by atoms with Gasteiger partial charge in [0.05, 0.1) is 12.7 Å². The normalized spacial score (nSPS) is 10.9. The highest BCUT2D eigenvalue weighted by Gasteiger charge is 2.03. The summed E-state index contributed by atoms with van der Waals surface area (Å²) in [5.74, 6) is 0.670. The first-order valence-corrected chi connectivity index (χ1v) is 6.03. The summed E-state index contributed by atoms with van der Waals surface area (Å²) in [7, 11) is 1.58. The Hall–Kier alpha value is -2.29. The Morgan fingerprint density at radius 2 is 2.05 bits per heavy atom. The van der Waals surface area contributed by atoms with Gasteiger partial charge < -0.3 is 9.15 Å². The molecule has 0 aliphatic carbocycles. The maximum Gasteiger partial charge on any atom is 0.343 e. The second kappa shape index (κ2) is 5.57. The van der Waals surface area contributed by atoms with Crippen LogP contribution in [0, 0.1) is 0 Å². The molecule has 3 heteroatoms. The number of allylic oxidation sites excluding steroid dienone is 3. The van der Waals surface area contributed by atoms with E-state index in [1.54, 1.807) is 19.3 Å². The van der Waals surface area contributed by atoms with E-state index < -0.39 is 0 Å². The second-order valence-electron chi connectivity index (χ2n) is 4.50. The van der Waals surface area contributed by atoms with Crippen molar-refractivity contribution in [3.63, 3.8) is 0 Å². The quantitative estimate of drug-likeness (QED) is 0.619. The number of ether oxygens (including phenoxy) is 1. The molecule has 19 heavy (non-hydrogen) atoms. The maximum atomic E-state index is 11.8. The highest BCUT2D eigenvalue weighted by atomic mass is 16.5. The van der Waals surface area contributed by atoms with Crippen LogP contribution in [0.5, 0.6) is 5.75 Å². The molecule has 0 unspecified atom stereocenters. The summed E-state index contributed by atoms with van der Waals surface area (Å²) in [6.45, 7) is 4.00. The third-order valence-corrected chi connectivity index (χ3v) is 2.68. The fraction of sp³-hybridized carbons (Fsp3) is 0.188. The van der Waals surface area contributed by atoms with E-state index in [9.17, 15) is 4.79 Å². The molecule has 0 spiro atoms. The monoisotopic (exact) mass is 256 g/mol. The van der Waals surface area contributed by atoms with Gasteiger partial charge in [-0.3, -0.25) is 0 Å². The lowest BCUT2D eigenvalue weighted by Gasteiger charge is -2.01. The van der Waals surface area contributed by atoms with Crippen molar-refractivity contribution in [1.82, 2.24) is 0 Å². The Kier molecular flexibility index (Phi) is 3.85. The minimum Gasteiger partial charge on any atom is -0.497 e. The molecule has 3 nitrogen and oxygen atoms in total. The summed E-state index contributed by atoms with van der Waals surface area (Å²) in [4.78, 5) is 11.8. The van der Waals surface area contributed by atoms with E-state index in [0.29, 0.717) is 16.9 Å². The Labute approximate surface area is 111 Å². The lowest BCUT2D eigenvalue weighted by Crippen LogP contribution is -2.02. The Morgan fingerprint density at radius 3 is 2.74 bits per heavy atom. The predicted molar refractivity (Wildman–Crippen MR) is 77.5 cm³/mol. The average Bonchev–Trinajstić information content (AvgIpc) is 2.38. The van der Waals surface area contributed by atoms with Crippen LogP contribution >= 0.6 is 0 Å². The number of benzene rings is 1. The van der Waals surface area contributed by atoms with Crippen molar-refractivity contribution in [3.8, 4) is 5.75 Å². The van der Waals surface area contributed by atoms with Crippen LogP contribution in [0.3, 0.4) is 0 Å². The van der Waals surface area contributed by atoms with Crippen LogP contribution < -0.4 is 10.4 Å². The topological polar surface area (TPSA) is 39.4 Å². The van der Waals surface area contributed by atoms with Crippen LogP contribution in [0.4, 0.5) is 0 Å². The van der Waals surface area contributed by atoms with E-state index in [1.165, 1.54) is 5.57 Å². The van der Waals surface area contributed by atoms with Crippen molar-refractivity contribution >= 4 is 17.0 Å². The smallest absolute Gasteiger partial charge is 0.343 e. The molecule has 0 atom stereocenters. The van der Waals surface area contributed by atoms with Gasteiger partial charge in [0.25, 0.3) is 0 Å². The largest absolute Gasteiger partial charge is 0.497 e. The summed E-state index contributed by atoms with van der Waals surface area (Å²) in [5.41, 5.74) is 1.89. The Balaban J connectivity index is 2.48. The molecule has 0 saturated carbocycles. The second-order valence-corrected chi connectivity index (χ2v) is 4.50. The van der Waals surface area contributed by atoms with Crippen LogP contribution in [0.1, 0.15) is 19.4 Å². The van der Waals surface area contributed by atoms with Crippen LogP contribution in [0.25, 0.3) is 17.0 Å². The number of rotatable bonds is 3. The van der Waals surface area contributed by atoms with Gasteiger partial charge in [-0.05, 0) is 38.1 Å². The molecule has 0 saturated heterocycles. The van der Waals surface area contributed by atoms with Gasteiger partial charge in [0.2, 0.25) is 0 Å². The van der Waals surface area contributed by atoms with E-state index in [2.05, 4.69) is 0 Å². The van der Waals surface area contributed by atoms with Crippen LogP contribution in [-0.4, -0.2) is 7.11 Å². The summed E-state index contributed by atoms with van der Waals surface area (Å²) in [6, 6.07) is 7.23. The summed E-state index contributed by atoms with van der Waals surface area (Å²) in [5, 5.41) is 0.872. The summed E-state index contributed by atoms with van der Waals surface area (Å²) in [6.07, 6.45) is 5.54. The van der Waals surface area contributed by atoms with Crippen molar-refractivity contribution in [3.05, 3.63) is 58.0 Å².